The highest BCUT2D eigenvalue weighted by Gasteiger charge is 2.38. The highest BCUT2D eigenvalue weighted by molar-refractivity contribution is 5.87. The van der Waals surface area contributed by atoms with E-state index < -0.39 is 12.0 Å². The molecule has 0 aliphatic carbocycles. The van der Waals surface area contributed by atoms with Gasteiger partial charge in [-0.1, -0.05) is 20.8 Å². The lowest BCUT2D eigenvalue weighted by atomic mass is 9.77. The van der Waals surface area contributed by atoms with Crippen molar-refractivity contribution in [2.45, 2.75) is 52.1 Å². The molecular formula is C12H22N2O3. The molecule has 1 aliphatic rings. The number of carboxylic acids is 1. The number of hydrogen-bond acceptors (Lipinski definition) is 3. The zero-order valence-corrected chi connectivity index (χ0v) is 10.7. The van der Waals surface area contributed by atoms with Crippen molar-refractivity contribution < 1.29 is 14.7 Å². The number of carbonyl (C=O) groups is 2. The zero-order valence-electron chi connectivity index (χ0n) is 10.7. The van der Waals surface area contributed by atoms with E-state index >= 15 is 0 Å². The fourth-order valence-electron chi connectivity index (χ4n) is 2.25. The van der Waals surface area contributed by atoms with E-state index in [9.17, 15) is 9.59 Å². The topological polar surface area (TPSA) is 78.4 Å². The van der Waals surface area contributed by atoms with E-state index in [0.717, 1.165) is 19.4 Å². The van der Waals surface area contributed by atoms with E-state index in [4.69, 9.17) is 5.11 Å². The molecule has 0 bridgehead atoms. The average Bonchev–Trinajstić information content (AvgIpc) is 2.24. The van der Waals surface area contributed by atoms with E-state index in [1.165, 1.54) is 0 Å². The monoisotopic (exact) mass is 242 g/mol. The van der Waals surface area contributed by atoms with Gasteiger partial charge in [0.15, 0.2) is 0 Å². The van der Waals surface area contributed by atoms with Gasteiger partial charge in [0, 0.05) is 0 Å². The van der Waals surface area contributed by atoms with E-state index in [1.54, 1.807) is 6.92 Å². The van der Waals surface area contributed by atoms with Gasteiger partial charge in [-0.05, 0) is 31.2 Å². The van der Waals surface area contributed by atoms with Crippen molar-refractivity contribution in [2.75, 3.05) is 6.54 Å². The molecule has 1 saturated heterocycles. The molecule has 0 aromatic carbocycles. The van der Waals surface area contributed by atoms with Crippen LogP contribution in [0.5, 0.6) is 0 Å². The summed E-state index contributed by atoms with van der Waals surface area (Å²) in [4.78, 5) is 22.9. The normalized spacial score (nSPS) is 25.0. The number of aliphatic carboxylic acids is 1. The van der Waals surface area contributed by atoms with Crippen LogP contribution in [0.15, 0.2) is 0 Å². The average molecular weight is 242 g/mol. The number of amides is 1. The van der Waals surface area contributed by atoms with Crippen LogP contribution in [0.4, 0.5) is 0 Å². The molecule has 0 saturated carbocycles. The van der Waals surface area contributed by atoms with Crippen LogP contribution in [0.1, 0.15) is 40.0 Å². The fraction of sp³-hybridized carbons (Fsp3) is 0.833. The van der Waals surface area contributed by atoms with Crippen molar-refractivity contribution in [3.8, 4) is 0 Å². The van der Waals surface area contributed by atoms with Crippen molar-refractivity contribution in [3.05, 3.63) is 0 Å². The Balaban J connectivity index is 2.65. The van der Waals surface area contributed by atoms with Crippen LogP contribution < -0.4 is 10.6 Å². The summed E-state index contributed by atoms with van der Waals surface area (Å²) in [7, 11) is 0. The summed E-state index contributed by atoms with van der Waals surface area (Å²) in [5.41, 5.74) is -0.126. The molecule has 98 valence electrons. The molecule has 17 heavy (non-hydrogen) atoms. The van der Waals surface area contributed by atoms with Gasteiger partial charge in [0.1, 0.15) is 6.04 Å². The predicted molar refractivity (Wildman–Crippen MR) is 64.7 cm³/mol. The summed E-state index contributed by atoms with van der Waals surface area (Å²) in [6, 6.07) is -1.09. The third-order valence-electron chi connectivity index (χ3n) is 3.41. The molecule has 1 rings (SSSR count). The maximum Gasteiger partial charge on any atom is 0.326 e. The van der Waals surface area contributed by atoms with Crippen LogP contribution in [0.25, 0.3) is 0 Å². The Kier molecular flexibility index (Phi) is 4.51. The van der Waals surface area contributed by atoms with Crippen LogP contribution in [0.3, 0.4) is 0 Å². The van der Waals surface area contributed by atoms with Crippen molar-refractivity contribution in [1.82, 2.24) is 10.6 Å². The van der Waals surface area contributed by atoms with Crippen molar-refractivity contribution in [2.24, 2.45) is 5.41 Å². The Labute approximate surface area is 102 Å². The maximum absolute atomic E-state index is 12.1. The molecular weight excluding hydrogens is 220 g/mol. The molecule has 1 aliphatic heterocycles. The van der Waals surface area contributed by atoms with Gasteiger partial charge in [-0.25, -0.2) is 4.79 Å². The molecule has 1 heterocycles. The van der Waals surface area contributed by atoms with Gasteiger partial charge in [0.2, 0.25) is 5.91 Å². The Morgan fingerprint density at radius 2 is 2.18 bits per heavy atom. The van der Waals surface area contributed by atoms with Crippen molar-refractivity contribution in [1.29, 1.82) is 0 Å². The Morgan fingerprint density at radius 1 is 1.53 bits per heavy atom. The van der Waals surface area contributed by atoms with E-state index in [2.05, 4.69) is 10.6 Å². The molecule has 5 heteroatoms. The first-order valence-electron chi connectivity index (χ1n) is 6.15. The van der Waals surface area contributed by atoms with Crippen LogP contribution in [0.2, 0.25) is 0 Å². The first-order chi connectivity index (χ1) is 7.88. The standard InChI is InChI=1S/C12H22N2O3/c1-4-8(11(16)17)14-10(15)9-12(2,3)6-5-7-13-9/h8-9,13H,4-7H2,1-3H3,(H,14,15)(H,16,17)/t8-,9?/m1/s1. The molecule has 0 aromatic heterocycles. The summed E-state index contributed by atoms with van der Waals surface area (Å²) < 4.78 is 0. The van der Waals surface area contributed by atoms with Crippen LogP contribution >= 0.6 is 0 Å². The molecule has 0 spiro atoms. The smallest absolute Gasteiger partial charge is 0.326 e. The maximum atomic E-state index is 12.1. The van der Waals surface area contributed by atoms with Crippen molar-refractivity contribution >= 4 is 11.9 Å². The highest BCUT2D eigenvalue weighted by Crippen LogP contribution is 2.30. The number of rotatable bonds is 4. The minimum Gasteiger partial charge on any atom is -0.480 e. The van der Waals surface area contributed by atoms with Crippen LogP contribution in [0, 0.1) is 5.41 Å². The van der Waals surface area contributed by atoms with Gasteiger partial charge in [-0.2, -0.15) is 0 Å². The lowest BCUT2D eigenvalue weighted by Crippen LogP contribution is -2.58. The molecule has 2 atom stereocenters. The third-order valence-corrected chi connectivity index (χ3v) is 3.41. The third kappa shape index (κ3) is 3.43. The Bertz CT molecular complexity index is 302. The summed E-state index contributed by atoms with van der Waals surface area (Å²) >= 11 is 0. The molecule has 1 unspecified atom stereocenters. The number of nitrogens with one attached hydrogen (secondary N) is 2. The second kappa shape index (κ2) is 5.49. The second-order valence-electron chi connectivity index (χ2n) is 5.29. The van der Waals surface area contributed by atoms with Gasteiger partial charge in [0.05, 0.1) is 6.04 Å². The minimum absolute atomic E-state index is 0.126. The number of carbonyl (C=O) groups excluding carboxylic acids is 1. The van der Waals surface area contributed by atoms with Gasteiger partial charge < -0.3 is 15.7 Å². The fourth-order valence-corrected chi connectivity index (χ4v) is 2.25. The predicted octanol–water partition coefficient (Wildman–Crippen LogP) is 0.744. The molecule has 1 amide bonds. The molecule has 1 fully saturated rings. The SMILES string of the molecule is CC[C@@H](NC(=O)C1NCCCC1(C)C)C(=O)O. The quantitative estimate of drug-likeness (QED) is 0.679. The molecule has 0 radical (unpaired) electrons. The summed E-state index contributed by atoms with van der Waals surface area (Å²) in [5.74, 6) is -1.18. The summed E-state index contributed by atoms with van der Waals surface area (Å²) in [5, 5.41) is 14.7. The molecule has 5 nitrogen and oxygen atoms in total. The molecule has 0 aromatic rings. The van der Waals surface area contributed by atoms with E-state index in [1.807, 2.05) is 13.8 Å². The number of piperidine rings is 1. The van der Waals surface area contributed by atoms with Crippen molar-refractivity contribution in [3.63, 3.8) is 0 Å². The van der Waals surface area contributed by atoms with Crippen LogP contribution in [-0.4, -0.2) is 35.6 Å². The highest BCUT2D eigenvalue weighted by atomic mass is 16.4. The second-order valence-corrected chi connectivity index (χ2v) is 5.29. The Morgan fingerprint density at radius 3 is 2.65 bits per heavy atom. The largest absolute Gasteiger partial charge is 0.480 e. The summed E-state index contributed by atoms with van der Waals surface area (Å²) in [6.07, 6.45) is 2.42. The van der Waals surface area contributed by atoms with E-state index in [0.29, 0.717) is 6.42 Å². The zero-order chi connectivity index (χ0) is 13.1. The minimum atomic E-state index is -0.977. The number of hydrogen-bond donors (Lipinski definition) is 3. The van der Waals surface area contributed by atoms with Gasteiger partial charge in [-0.3, -0.25) is 4.79 Å². The van der Waals surface area contributed by atoms with Crippen LogP contribution in [-0.2, 0) is 9.59 Å². The van der Waals surface area contributed by atoms with Gasteiger partial charge >= 0.3 is 5.97 Å². The lowest BCUT2D eigenvalue weighted by Gasteiger charge is -2.38. The first kappa shape index (κ1) is 14.0. The van der Waals surface area contributed by atoms with Gasteiger partial charge in [-0.15, -0.1) is 0 Å². The Hall–Kier alpha value is -1.10. The lowest BCUT2D eigenvalue weighted by molar-refractivity contribution is -0.142. The van der Waals surface area contributed by atoms with E-state index in [-0.39, 0.29) is 17.4 Å². The first-order valence-corrected chi connectivity index (χ1v) is 6.15. The summed E-state index contributed by atoms with van der Waals surface area (Å²) in [6.45, 7) is 6.63. The molecule has 3 N–H and O–H groups in total. The number of carboxylic acid groups (broad SMARTS) is 1. The van der Waals surface area contributed by atoms with Gasteiger partial charge in [0.25, 0.3) is 0 Å².